The van der Waals surface area contributed by atoms with Crippen LogP contribution in [0.1, 0.15) is 36.6 Å². The molecule has 1 atom stereocenters. The maximum atomic E-state index is 12.9. The number of nitrogens with zero attached hydrogens (tertiary/aromatic N) is 2. The van der Waals surface area contributed by atoms with Gasteiger partial charge in [0.05, 0.1) is 26.1 Å². The summed E-state index contributed by atoms with van der Waals surface area (Å²) in [6.07, 6.45) is 0.289. The number of carbonyl (C=O) groups is 2. The first-order valence-corrected chi connectivity index (χ1v) is 9.68. The third-order valence-electron chi connectivity index (χ3n) is 5.90. The van der Waals surface area contributed by atoms with Crippen LogP contribution in [0.15, 0.2) is 48.5 Å². The summed E-state index contributed by atoms with van der Waals surface area (Å²) in [6.45, 7) is 5.75. The zero-order valence-corrected chi connectivity index (χ0v) is 16.6. The summed E-state index contributed by atoms with van der Waals surface area (Å²) >= 11 is 0. The number of methoxy groups -OCH3 is 1. The highest BCUT2D eigenvalue weighted by molar-refractivity contribution is 5.88. The van der Waals surface area contributed by atoms with Crippen molar-refractivity contribution in [1.29, 1.82) is 0 Å². The molecule has 1 unspecified atom stereocenters. The number of hydrogen-bond donors (Lipinski definition) is 0. The van der Waals surface area contributed by atoms with Crippen molar-refractivity contribution in [2.75, 3.05) is 26.7 Å². The van der Waals surface area contributed by atoms with E-state index in [9.17, 15) is 9.59 Å². The number of hydrogen-bond acceptors (Lipinski definition) is 3. The second-order valence-corrected chi connectivity index (χ2v) is 8.31. The largest absolute Gasteiger partial charge is 0.497 e. The molecular formula is C23H26N2O3. The van der Waals surface area contributed by atoms with Crippen LogP contribution < -0.4 is 4.74 Å². The average molecular weight is 378 g/mol. The molecule has 4 rings (SSSR count). The molecule has 2 heterocycles. The van der Waals surface area contributed by atoms with E-state index in [1.165, 1.54) is 5.56 Å². The Labute approximate surface area is 165 Å². The molecule has 1 saturated heterocycles. The number of rotatable bonds is 3. The Balaban J connectivity index is 1.56. The Morgan fingerprint density at radius 1 is 1.14 bits per heavy atom. The normalized spacial score (nSPS) is 20.4. The Hall–Kier alpha value is -2.82. The Morgan fingerprint density at radius 2 is 1.86 bits per heavy atom. The van der Waals surface area contributed by atoms with Crippen molar-refractivity contribution in [2.45, 2.75) is 31.7 Å². The molecule has 0 aliphatic carbocycles. The van der Waals surface area contributed by atoms with Crippen LogP contribution in [0.3, 0.4) is 0 Å². The minimum atomic E-state index is -0.0853. The SMILES string of the molecule is COc1ccc(CC(=O)N2CC(=O)N3CC(C)(C)c4ccccc4C3C2)cc1. The van der Waals surface area contributed by atoms with Crippen molar-refractivity contribution in [3.63, 3.8) is 0 Å². The van der Waals surface area contributed by atoms with E-state index >= 15 is 0 Å². The molecule has 5 nitrogen and oxygen atoms in total. The Morgan fingerprint density at radius 3 is 2.57 bits per heavy atom. The van der Waals surface area contributed by atoms with Crippen molar-refractivity contribution in [3.8, 4) is 5.75 Å². The van der Waals surface area contributed by atoms with Crippen LogP contribution >= 0.6 is 0 Å². The van der Waals surface area contributed by atoms with E-state index in [2.05, 4.69) is 26.0 Å². The zero-order valence-electron chi connectivity index (χ0n) is 16.6. The van der Waals surface area contributed by atoms with Gasteiger partial charge < -0.3 is 14.5 Å². The number of benzene rings is 2. The molecule has 5 heteroatoms. The fraction of sp³-hybridized carbons (Fsp3) is 0.391. The van der Waals surface area contributed by atoms with Gasteiger partial charge in [-0.15, -0.1) is 0 Å². The first-order chi connectivity index (χ1) is 13.4. The van der Waals surface area contributed by atoms with E-state index in [1.54, 1.807) is 12.0 Å². The quantitative estimate of drug-likeness (QED) is 0.825. The molecule has 28 heavy (non-hydrogen) atoms. The lowest BCUT2D eigenvalue weighted by atomic mass is 9.75. The summed E-state index contributed by atoms with van der Waals surface area (Å²) in [5, 5.41) is 0. The third kappa shape index (κ3) is 3.26. The van der Waals surface area contributed by atoms with Gasteiger partial charge in [0.15, 0.2) is 0 Å². The maximum Gasteiger partial charge on any atom is 0.242 e. The molecule has 0 N–H and O–H groups in total. The summed E-state index contributed by atoms with van der Waals surface area (Å²) in [5.74, 6) is 0.781. The molecule has 2 aliphatic rings. The number of amides is 2. The minimum absolute atomic E-state index is 0.0134. The van der Waals surface area contributed by atoms with Gasteiger partial charge in [-0.25, -0.2) is 0 Å². The highest BCUT2D eigenvalue weighted by Crippen LogP contribution is 2.41. The van der Waals surface area contributed by atoms with Gasteiger partial charge in [0.2, 0.25) is 11.8 Å². The van der Waals surface area contributed by atoms with Gasteiger partial charge in [-0.2, -0.15) is 0 Å². The van der Waals surface area contributed by atoms with Crippen molar-refractivity contribution < 1.29 is 14.3 Å². The standard InChI is InChI=1S/C23H26N2O3/c1-23(2)15-25-20(18-6-4-5-7-19(18)23)13-24(14-22(25)27)21(26)12-16-8-10-17(28-3)11-9-16/h4-11,20H,12-15H2,1-3H3. The van der Waals surface area contributed by atoms with Crippen molar-refractivity contribution >= 4 is 11.8 Å². The van der Waals surface area contributed by atoms with Crippen molar-refractivity contribution in [3.05, 3.63) is 65.2 Å². The van der Waals surface area contributed by atoms with Gasteiger partial charge in [0, 0.05) is 18.5 Å². The van der Waals surface area contributed by atoms with Crippen LogP contribution in [0, 0.1) is 0 Å². The predicted octanol–water partition coefficient (Wildman–Crippen LogP) is 2.94. The summed E-state index contributed by atoms with van der Waals surface area (Å²) in [6, 6.07) is 15.7. The van der Waals surface area contributed by atoms with Crippen LogP contribution in [0.2, 0.25) is 0 Å². The molecule has 2 amide bonds. The van der Waals surface area contributed by atoms with Crippen molar-refractivity contribution in [2.24, 2.45) is 0 Å². The number of piperazine rings is 1. The molecule has 2 aliphatic heterocycles. The second kappa shape index (κ2) is 6.97. The predicted molar refractivity (Wildman–Crippen MR) is 107 cm³/mol. The molecule has 2 aromatic carbocycles. The Kier molecular flexibility index (Phi) is 4.61. The molecule has 0 spiro atoms. The number of carbonyl (C=O) groups excluding carboxylic acids is 2. The molecule has 146 valence electrons. The number of ether oxygens (including phenoxy) is 1. The maximum absolute atomic E-state index is 12.9. The van der Waals surface area contributed by atoms with E-state index in [0.29, 0.717) is 13.1 Å². The number of fused-ring (bicyclic) bond motifs is 3. The summed E-state index contributed by atoms with van der Waals surface area (Å²) < 4.78 is 5.17. The fourth-order valence-corrected chi connectivity index (χ4v) is 4.40. The topological polar surface area (TPSA) is 49.9 Å². The lowest BCUT2D eigenvalue weighted by Crippen LogP contribution is -2.58. The van der Waals surface area contributed by atoms with Gasteiger partial charge in [-0.05, 0) is 28.8 Å². The highest BCUT2D eigenvalue weighted by Gasteiger charge is 2.44. The monoisotopic (exact) mass is 378 g/mol. The summed E-state index contributed by atoms with van der Waals surface area (Å²) in [4.78, 5) is 29.5. The minimum Gasteiger partial charge on any atom is -0.497 e. The fourth-order valence-electron chi connectivity index (χ4n) is 4.40. The Bertz CT molecular complexity index is 904. The zero-order chi connectivity index (χ0) is 19.9. The molecule has 0 aromatic heterocycles. The molecule has 0 bridgehead atoms. The second-order valence-electron chi connectivity index (χ2n) is 8.31. The van der Waals surface area contributed by atoms with E-state index in [1.807, 2.05) is 41.3 Å². The summed E-state index contributed by atoms with van der Waals surface area (Å²) in [5.41, 5.74) is 3.27. The van der Waals surface area contributed by atoms with Crippen LogP contribution in [-0.4, -0.2) is 48.4 Å². The first-order valence-electron chi connectivity index (χ1n) is 9.68. The lowest BCUT2D eigenvalue weighted by molar-refractivity contribution is -0.150. The van der Waals surface area contributed by atoms with Gasteiger partial charge in [-0.1, -0.05) is 50.2 Å². The van der Waals surface area contributed by atoms with E-state index in [4.69, 9.17) is 4.74 Å². The van der Waals surface area contributed by atoms with Crippen molar-refractivity contribution in [1.82, 2.24) is 9.80 Å². The van der Waals surface area contributed by atoms with Crippen LogP contribution in [0.5, 0.6) is 5.75 Å². The molecule has 1 fully saturated rings. The van der Waals surface area contributed by atoms with Crippen LogP contribution in [0.25, 0.3) is 0 Å². The van der Waals surface area contributed by atoms with Gasteiger partial charge >= 0.3 is 0 Å². The summed E-state index contributed by atoms with van der Waals surface area (Å²) in [7, 11) is 1.62. The third-order valence-corrected chi connectivity index (χ3v) is 5.90. The average Bonchev–Trinajstić information content (AvgIpc) is 2.69. The van der Waals surface area contributed by atoms with Crippen LogP contribution in [-0.2, 0) is 21.4 Å². The molecule has 2 aromatic rings. The van der Waals surface area contributed by atoms with E-state index in [0.717, 1.165) is 16.9 Å². The highest BCUT2D eigenvalue weighted by atomic mass is 16.5. The first kappa shape index (κ1) is 18.5. The smallest absolute Gasteiger partial charge is 0.242 e. The molecule has 0 saturated carbocycles. The van der Waals surface area contributed by atoms with Gasteiger partial charge in [0.25, 0.3) is 0 Å². The van der Waals surface area contributed by atoms with Gasteiger partial charge in [-0.3, -0.25) is 9.59 Å². The van der Waals surface area contributed by atoms with Crippen LogP contribution in [0.4, 0.5) is 0 Å². The lowest BCUT2D eigenvalue weighted by Gasteiger charge is -2.49. The van der Waals surface area contributed by atoms with Gasteiger partial charge in [0.1, 0.15) is 5.75 Å². The molecule has 0 radical (unpaired) electrons. The van der Waals surface area contributed by atoms with E-state index < -0.39 is 0 Å². The van der Waals surface area contributed by atoms with E-state index in [-0.39, 0.29) is 36.2 Å². The molecular weight excluding hydrogens is 352 g/mol.